The van der Waals surface area contributed by atoms with Crippen LogP contribution in [0.2, 0.25) is 0 Å². The average Bonchev–Trinajstić information content (AvgIpc) is 3.13. The van der Waals surface area contributed by atoms with Gasteiger partial charge >= 0.3 is 12.2 Å². The molecule has 0 bridgehead atoms. The fourth-order valence-corrected chi connectivity index (χ4v) is 4.76. The lowest BCUT2D eigenvalue weighted by Gasteiger charge is -2.35. The Bertz CT molecular complexity index is 1470. The Morgan fingerprint density at radius 3 is 1.58 bits per heavy atom. The monoisotopic (exact) mass is 726 g/mol. The Morgan fingerprint density at radius 1 is 0.667 bits per heavy atom. The van der Waals surface area contributed by atoms with E-state index in [0.717, 1.165) is 47.5 Å². The first kappa shape index (κ1) is 37.8. The van der Waals surface area contributed by atoms with E-state index in [1.165, 1.54) is 24.5 Å². The van der Waals surface area contributed by atoms with Crippen LogP contribution in [0.1, 0.15) is 18.6 Å². The molecule has 0 spiro atoms. The maximum atomic E-state index is 12.8. The summed E-state index contributed by atoms with van der Waals surface area (Å²) in [6.45, 7) is 6.28. The minimum absolute atomic E-state index is 0. The van der Waals surface area contributed by atoms with Gasteiger partial charge in [-0.3, -0.25) is 0 Å². The maximum absolute atomic E-state index is 12.8. The molecular formula is C35H41BrF2N6O4. The Labute approximate surface area is 288 Å². The normalized spacial score (nSPS) is 13.9. The van der Waals surface area contributed by atoms with Crippen molar-refractivity contribution in [3.8, 4) is 0 Å². The largest absolute Gasteiger partial charge is 0.445 e. The van der Waals surface area contributed by atoms with Crippen molar-refractivity contribution < 1.29 is 27.8 Å². The highest BCUT2D eigenvalue weighted by Crippen LogP contribution is 2.16. The number of nitrogens with zero attached hydrogens (tertiary/aromatic N) is 5. The topological polar surface area (TPSA) is 100 Å². The van der Waals surface area contributed by atoms with Crippen LogP contribution in [0.25, 0.3) is 0 Å². The van der Waals surface area contributed by atoms with Crippen LogP contribution in [0.15, 0.2) is 102 Å². The van der Waals surface area contributed by atoms with Crippen molar-refractivity contribution in [1.82, 2.24) is 25.1 Å². The van der Waals surface area contributed by atoms with E-state index < -0.39 is 11.9 Å². The van der Waals surface area contributed by atoms with Crippen molar-refractivity contribution in [2.24, 2.45) is 0 Å². The van der Waals surface area contributed by atoms with Gasteiger partial charge in [0.15, 0.2) is 0 Å². The standard InChI is InChI=1S/C17H18FN3O2.C12H16N2O2.C5H3BrFN.CH4/c18-16-7-6-15(12-19-16)20-8-10-21(11-9-20)17(22)23-13-14-4-2-1-3-5-14;15-12(14-8-6-13-7-9-14)16-10-11-4-2-1-3-5-11;6-4-1-2-5(7)8-3-4;/h1-7,12H,8-11,13H2;1-5,13H,6-10H2;1-3H;1H4. The van der Waals surface area contributed by atoms with Crippen LogP contribution in [0.3, 0.4) is 0 Å². The summed E-state index contributed by atoms with van der Waals surface area (Å²) in [7, 11) is 0. The quantitative estimate of drug-likeness (QED) is 0.232. The molecule has 0 aliphatic carbocycles. The molecule has 0 atom stereocenters. The molecule has 4 aromatic rings. The van der Waals surface area contributed by atoms with E-state index in [0.29, 0.717) is 32.8 Å². The van der Waals surface area contributed by atoms with Gasteiger partial charge in [0.1, 0.15) is 13.2 Å². The first-order chi connectivity index (χ1) is 22.9. The minimum atomic E-state index is -0.489. The van der Waals surface area contributed by atoms with Gasteiger partial charge in [0, 0.05) is 63.0 Å². The van der Waals surface area contributed by atoms with E-state index in [2.05, 4.69) is 36.1 Å². The number of piperazine rings is 2. The molecule has 0 unspecified atom stereocenters. The molecule has 2 saturated heterocycles. The van der Waals surface area contributed by atoms with Crippen molar-refractivity contribution in [3.05, 3.63) is 125 Å². The maximum Gasteiger partial charge on any atom is 0.410 e. The third-order valence-corrected chi connectivity index (χ3v) is 7.56. The van der Waals surface area contributed by atoms with Crippen molar-refractivity contribution in [2.75, 3.05) is 57.3 Å². The molecule has 256 valence electrons. The van der Waals surface area contributed by atoms with E-state index in [1.54, 1.807) is 21.9 Å². The molecule has 0 saturated carbocycles. The zero-order chi connectivity index (χ0) is 33.3. The van der Waals surface area contributed by atoms with Gasteiger partial charge in [0.05, 0.1) is 11.9 Å². The molecule has 2 aliphatic heterocycles. The second kappa shape index (κ2) is 20.6. The van der Waals surface area contributed by atoms with Crippen LogP contribution in [-0.2, 0) is 22.7 Å². The van der Waals surface area contributed by atoms with Gasteiger partial charge in [0.2, 0.25) is 11.9 Å². The lowest BCUT2D eigenvalue weighted by atomic mass is 10.2. The van der Waals surface area contributed by atoms with Crippen LogP contribution in [0.4, 0.5) is 24.1 Å². The number of rotatable bonds is 5. The zero-order valence-corrected chi connectivity index (χ0v) is 27.4. The highest BCUT2D eigenvalue weighted by atomic mass is 79.9. The molecule has 10 nitrogen and oxygen atoms in total. The number of hydrogen-bond acceptors (Lipinski definition) is 8. The van der Waals surface area contributed by atoms with E-state index in [-0.39, 0.29) is 26.2 Å². The van der Waals surface area contributed by atoms with E-state index >= 15 is 0 Å². The Balaban J connectivity index is 0.000000216. The number of nitrogens with one attached hydrogen (secondary N) is 1. The zero-order valence-electron chi connectivity index (χ0n) is 25.8. The highest BCUT2D eigenvalue weighted by molar-refractivity contribution is 9.10. The highest BCUT2D eigenvalue weighted by Gasteiger charge is 2.22. The lowest BCUT2D eigenvalue weighted by Crippen LogP contribution is -2.49. The minimum Gasteiger partial charge on any atom is -0.445 e. The fourth-order valence-electron chi connectivity index (χ4n) is 4.53. The average molecular weight is 728 g/mol. The number of pyridine rings is 2. The summed E-state index contributed by atoms with van der Waals surface area (Å²) < 4.78 is 36.2. The first-order valence-corrected chi connectivity index (χ1v) is 15.9. The third kappa shape index (κ3) is 13.2. The lowest BCUT2D eigenvalue weighted by molar-refractivity contribution is 0.0917. The summed E-state index contributed by atoms with van der Waals surface area (Å²) >= 11 is 3.12. The molecule has 0 radical (unpaired) electrons. The Hall–Kier alpha value is -4.62. The number of hydrogen-bond donors (Lipinski definition) is 1. The molecule has 2 aliphatic rings. The summed E-state index contributed by atoms with van der Waals surface area (Å²) in [6, 6.07) is 25.3. The second-order valence-corrected chi connectivity index (χ2v) is 11.3. The fraction of sp³-hybridized carbons (Fsp3) is 0.314. The predicted molar refractivity (Wildman–Crippen MR) is 184 cm³/mol. The van der Waals surface area contributed by atoms with Crippen LogP contribution < -0.4 is 10.2 Å². The number of carbonyl (C=O) groups is 2. The summed E-state index contributed by atoms with van der Waals surface area (Å²) in [5.41, 5.74) is 2.85. The van der Waals surface area contributed by atoms with Gasteiger partial charge in [-0.2, -0.15) is 8.78 Å². The molecule has 2 aromatic heterocycles. The summed E-state index contributed by atoms with van der Waals surface area (Å²) in [5.74, 6) is -0.940. The van der Waals surface area contributed by atoms with Crippen LogP contribution in [0.5, 0.6) is 0 Å². The SMILES string of the molecule is C.Fc1ccc(Br)cn1.O=C(OCc1ccccc1)N1CCN(c2ccc(F)nc2)CC1.O=C(OCc1ccccc1)N1CCNCC1. The number of amides is 2. The van der Waals surface area contributed by atoms with E-state index in [4.69, 9.17) is 9.47 Å². The number of anilines is 1. The first-order valence-electron chi connectivity index (χ1n) is 15.1. The Morgan fingerprint density at radius 2 is 1.15 bits per heavy atom. The van der Waals surface area contributed by atoms with Gasteiger partial charge in [-0.1, -0.05) is 68.1 Å². The molecule has 2 aromatic carbocycles. The molecule has 2 fully saturated rings. The van der Waals surface area contributed by atoms with Crippen LogP contribution in [0, 0.1) is 11.9 Å². The third-order valence-electron chi connectivity index (χ3n) is 7.09. The van der Waals surface area contributed by atoms with Gasteiger partial charge in [0.25, 0.3) is 0 Å². The second-order valence-electron chi connectivity index (χ2n) is 10.4. The van der Waals surface area contributed by atoms with E-state index in [1.807, 2.05) is 60.7 Å². The van der Waals surface area contributed by atoms with E-state index in [9.17, 15) is 18.4 Å². The molecule has 2 amide bonds. The van der Waals surface area contributed by atoms with Gasteiger partial charge in [-0.25, -0.2) is 19.6 Å². The van der Waals surface area contributed by atoms with Gasteiger partial charge < -0.3 is 29.5 Å². The number of ether oxygens (including phenoxy) is 2. The molecule has 1 N–H and O–H groups in total. The Kier molecular flexibility index (Phi) is 16.2. The molecular weight excluding hydrogens is 686 g/mol. The van der Waals surface area contributed by atoms with Crippen LogP contribution >= 0.6 is 15.9 Å². The summed E-state index contributed by atoms with van der Waals surface area (Å²) in [6.07, 6.45) is 2.41. The molecule has 6 rings (SSSR count). The molecule has 13 heteroatoms. The summed E-state index contributed by atoms with van der Waals surface area (Å²) in [5, 5.41) is 3.19. The van der Waals surface area contributed by atoms with Crippen molar-refractivity contribution >= 4 is 33.8 Å². The van der Waals surface area contributed by atoms with Gasteiger partial charge in [-0.05, 0) is 51.3 Å². The number of carbonyl (C=O) groups excluding carboxylic acids is 2. The predicted octanol–water partition coefficient (Wildman–Crippen LogP) is 6.53. The van der Waals surface area contributed by atoms with Crippen LogP contribution in [-0.4, -0.2) is 84.3 Å². The molecule has 48 heavy (non-hydrogen) atoms. The van der Waals surface area contributed by atoms with Gasteiger partial charge in [-0.15, -0.1) is 0 Å². The van der Waals surface area contributed by atoms with Crippen molar-refractivity contribution in [1.29, 1.82) is 0 Å². The number of halogens is 3. The van der Waals surface area contributed by atoms with Crippen molar-refractivity contribution in [2.45, 2.75) is 20.6 Å². The smallest absolute Gasteiger partial charge is 0.410 e. The van der Waals surface area contributed by atoms with Crippen molar-refractivity contribution in [3.63, 3.8) is 0 Å². The number of benzene rings is 2. The summed E-state index contributed by atoms with van der Waals surface area (Å²) in [4.78, 5) is 36.3. The molecule has 4 heterocycles. The number of aromatic nitrogens is 2.